The number of rotatable bonds is 6. The third kappa shape index (κ3) is 4.64. The zero-order valence-corrected chi connectivity index (χ0v) is 15.4. The number of aliphatic hydroxyl groups is 1. The molecule has 142 valence electrons. The standard InChI is InChI=1S/C21H26N4O2/c26-19(16-6-8-18(9-7-16)23-21(27)17-4-5-17)15-24-11-13-25(14-12-24)20-3-1-2-10-22-20/h1-3,6-10,17,19,26H,4-5,11-15H2,(H,23,27)/t19-/m1/s1. The molecule has 1 amide bonds. The Morgan fingerprint density at radius 2 is 1.85 bits per heavy atom. The molecule has 1 saturated heterocycles. The largest absolute Gasteiger partial charge is 0.387 e. The molecule has 1 atom stereocenters. The second kappa shape index (κ2) is 8.06. The van der Waals surface area contributed by atoms with E-state index in [-0.39, 0.29) is 11.8 Å². The predicted molar refractivity (Wildman–Crippen MR) is 106 cm³/mol. The fourth-order valence-electron chi connectivity index (χ4n) is 3.43. The molecule has 6 heteroatoms. The van der Waals surface area contributed by atoms with Crippen LogP contribution in [0.5, 0.6) is 0 Å². The average molecular weight is 366 g/mol. The summed E-state index contributed by atoms with van der Waals surface area (Å²) in [5, 5.41) is 13.5. The van der Waals surface area contributed by atoms with Crippen LogP contribution in [0, 0.1) is 5.92 Å². The van der Waals surface area contributed by atoms with E-state index in [1.54, 1.807) is 0 Å². The summed E-state index contributed by atoms with van der Waals surface area (Å²) in [6, 6.07) is 13.5. The number of carbonyl (C=O) groups is 1. The highest BCUT2D eigenvalue weighted by Gasteiger charge is 2.29. The lowest BCUT2D eigenvalue weighted by Gasteiger charge is -2.36. The molecule has 2 heterocycles. The molecule has 0 bridgehead atoms. The normalized spacial score (nSPS) is 18.9. The minimum Gasteiger partial charge on any atom is -0.387 e. The Balaban J connectivity index is 1.26. The number of anilines is 2. The SMILES string of the molecule is O=C(Nc1ccc([C@H](O)CN2CCN(c3ccccn3)CC2)cc1)C1CC1. The van der Waals surface area contributed by atoms with Crippen LogP contribution in [0.4, 0.5) is 11.5 Å². The fraction of sp³-hybridized carbons (Fsp3) is 0.429. The monoisotopic (exact) mass is 366 g/mol. The first-order valence-corrected chi connectivity index (χ1v) is 9.66. The van der Waals surface area contributed by atoms with Gasteiger partial charge in [-0.1, -0.05) is 18.2 Å². The van der Waals surface area contributed by atoms with Crippen LogP contribution >= 0.6 is 0 Å². The number of hydrogen-bond acceptors (Lipinski definition) is 5. The number of amides is 1. The van der Waals surface area contributed by atoms with Crippen LogP contribution in [0.2, 0.25) is 0 Å². The van der Waals surface area contributed by atoms with E-state index in [0.717, 1.165) is 56.1 Å². The van der Waals surface area contributed by atoms with Crippen molar-refractivity contribution in [3.8, 4) is 0 Å². The van der Waals surface area contributed by atoms with E-state index in [4.69, 9.17) is 0 Å². The molecule has 0 unspecified atom stereocenters. The van der Waals surface area contributed by atoms with Crippen molar-refractivity contribution >= 4 is 17.4 Å². The zero-order chi connectivity index (χ0) is 18.6. The number of hydrogen-bond donors (Lipinski definition) is 2. The van der Waals surface area contributed by atoms with Gasteiger partial charge in [-0.15, -0.1) is 0 Å². The number of benzene rings is 1. The topological polar surface area (TPSA) is 68.7 Å². The van der Waals surface area contributed by atoms with Gasteiger partial charge in [0.25, 0.3) is 0 Å². The van der Waals surface area contributed by atoms with Crippen molar-refractivity contribution < 1.29 is 9.90 Å². The Morgan fingerprint density at radius 1 is 1.11 bits per heavy atom. The zero-order valence-electron chi connectivity index (χ0n) is 15.4. The van der Waals surface area contributed by atoms with Gasteiger partial charge in [-0.3, -0.25) is 9.69 Å². The highest BCUT2D eigenvalue weighted by atomic mass is 16.3. The Bertz CT molecular complexity index is 754. The van der Waals surface area contributed by atoms with Gasteiger partial charge in [-0.05, 0) is 42.7 Å². The molecule has 6 nitrogen and oxygen atoms in total. The van der Waals surface area contributed by atoms with Crippen LogP contribution in [0.15, 0.2) is 48.7 Å². The number of nitrogens with one attached hydrogen (secondary N) is 1. The molecule has 27 heavy (non-hydrogen) atoms. The van der Waals surface area contributed by atoms with Gasteiger partial charge in [0.2, 0.25) is 5.91 Å². The number of β-amino-alcohol motifs (C(OH)–C–C–N with tert-alkyl or cyclic N) is 1. The maximum absolute atomic E-state index is 11.8. The van der Waals surface area contributed by atoms with Crippen LogP contribution in [0.1, 0.15) is 24.5 Å². The molecule has 0 spiro atoms. The Morgan fingerprint density at radius 3 is 2.48 bits per heavy atom. The molecule has 2 N–H and O–H groups in total. The molecule has 0 radical (unpaired) electrons. The van der Waals surface area contributed by atoms with Crippen LogP contribution in [-0.2, 0) is 4.79 Å². The predicted octanol–water partition coefficient (Wildman–Crippen LogP) is 2.29. The molecular formula is C21H26N4O2. The van der Waals surface area contributed by atoms with Crippen molar-refractivity contribution in [2.45, 2.75) is 18.9 Å². The third-order valence-corrected chi connectivity index (χ3v) is 5.29. The molecule has 1 aliphatic carbocycles. The molecule has 1 aromatic heterocycles. The summed E-state index contributed by atoms with van der Waals surface area (Å²) in [6.07, 6.45) is 3.29. The van der Waals surface area contributed by atoms with E-state index in [1.165, 1.54) is 0 Å². The number of piperazine rings is 1. The van der Waals surface area contributed by atoms with Gasteiger partial charge < -0.3 is 15.3 Å². The summed E-state index contributed by atoms with van der Waals surface area (Å²) in [6.45, 7) is 4.25. The molecule has 1 saturated carbocycles. The molecule has 4 rings (SSSR count). The smallest absolute Gasteiger partial charge is 0.227 e. The van der Waals surface area contributed by atoms with E-state index in [1.807, 2.05) is 48.7 Å². The lowest BCUT2D eigenvalue weighted by atomic mass is 10.1. The van der Waals surface area contributed by atoms with Crippen LogP contribution < -0.4 is 10.2 Å². The number of carbonyl (C=O) groups excluding carboxylic acids is 1. The van der Waals surface area contributed by atoms with Crippen molar-refractivity contribution in [3.63, 3.8) is 0 Å². The van der Waals surface area contributed by atoms with Crippen LogP contribution in [-0.4, -0.2) is 53.6 Å². The van der Waals surface area contributed by atoms with Crippen molar-refractivity contribution in [1.29, 1.82) is 0 Å². The third-order valence-electron chi connectivity index (χ3n) is 5.29. The van der Waals surface area contributed by atoms with E-state index < -0.39 is 6.10 Å². The molecule has 2 aromatic rings. The average Bonchev–Trinajstić information content (AvgIpc) is 3.55. The van der Waals surface area contributed by atoms with Crippen molar-refractivity contribution in [2.24, 2.45) is 5.92 Å². The first kappa shape index (κ1) is 17.9. The highest BCUT2D eigenvalue weighted by Crippen LogP contribution is 2.30. The second-order valence-electron chi connectivity index (χ2n) is 7.38. The number of nitrogens with zero attached hydrogens (tertiary/aromatic N) is 3. The fourth-order valence-corrected chi connectivity index (χ4v) is 3.43. The van der Waals surface area contributed by atoms with E-state index in [9.17, 15) is 9.90 Å². The minimum absolute atomic E-state index is 0.106. The molecule has 1 aliphatic heterocycles. The summed E-state index contributed by atoms with van der Waals surface area (Å²) in [5.74, 6) is 1.32. The van der Waals surface area contributed by atoms with Gasteiger partial charge in [0.1, 0.15) is 5.82 Å². The summed E-state index contributed by atoms with van der Waals surface area (Å²) < 4.78 is 0. The van der Waals surface area contributed by atoms with Crippen LogP contribution in [0.25, 0.3) is 0 Å². The van der Waals surface area contributed by atoms with Crippen molar-refractivity contribution in [2.75, 3.05) is 42.9 Å². The second-order valence-corrected chi connectivity index (χ2v) is 7.38. The van der Waals surface area contributed by atoms with Gasteiger partial charge in [-0.2, -0.15) is 0 Å². The van der Waals surface area contributed by atoms with Gasteiger partial charge in [0.05, 0.1) is 6.10 Å². The summed E-state index contributed by atoms with van der Waals surface area (Å²) in [7, 11) is 0. The van der Waals surface area contributed by atoms with Crippen molar-refractivity contribution in [1.82, 2.24) is 9.88 Å². The summed E-state index contributed by atoms with van der Waals surface area (Å²) >= 11 is 0. The first-order valence-electron chi connectivity index (χ1n) is 9.66. The molecular weight excluding hydrogens is 340 g/mol. The Hall–Kier alpha value is -2.44. The van der Waals surface area contributed by atoms with Crippen LogP contribution in [0.3, 0.4) is 0 Å². The summed E-state index contributed by atoms with van der Waals surface area (Å²) in [5.41, 5.74) is 1.68. The van der Waals surface area contributed by atoms with Gasteiger partial charge >= 0.3 is 0 Å². The maximum Gasteiger partial charge on any atom is 0.227 e. The van der Waals surface area contributed by atoms with E-state index in [2.05, 4.69) is 20.1 Å². The lowest BCUT2D eigenvalue weighted by Crippen LogP contribution is -2.47. The highest BCUT2D eigenvalue weighted by molar-refractivity contribution is 5.94. The first-order chi connectivity index (χ1) is 13.2. The maximum atomic E-state index is 11.8. The quantitative estimate of drug-likeness (QED) is 0.821. The lowest BCUT2D eigenvalue weighted by molar-refractivity contribution is -0.117. The summed E-state index contributed by atoms with van der Waals surface area (Å²) in [4.78, 5) is 20.8. The van der Waals surface area contributed by atoms with Gasteiger partial charge in [-0.25, -0.2) is 4.98 Å². The Labute approximate surface area is 159 Å². The van der Waals surface area contributed by atoms with E-state index in [0.29, 0.717) is 6.54 Å². The van der Waals surface area contributed by atoms with Crippen molar-refractivity contribution in [3.05, 3.63) is 54.2 Å². The number of aliphatic hydroxyl groups excluding tert-OH is 1. The van der Waals surface area contributed by atoms with E-state index >= 15 is 0 Å². The van der Waals surface area contributed by atoms with Gasteiger partial charge in [0, 0.05) is 50.5 Å². The number of aromatic nitrogens is 1. The van der Waals surface area contributed by atoms with Gasteiger partial charge in [0.15, 0.2) is 0 Å². The molecule has 1 aromatic carbocycles. The molecule has 2 aliphatic rings. The number of pyridine rings is 1. The minimum atomic E-state index is -0.528. The molecule has 2 fully saturated rings. The Kier molecular flexibility index (Phi) is 5.36.